The molecule has 0 radical (unpaired) electrons. The standard InChI is InChI=1S/C16H23N5/c1-5-10-17-15-11-12(2)18-16(20-15)19-13-6-8-14(9-7-13)21(3)4/h6-9,11H,5,10H2,1-4H3,(H2,17,18,19,20). The van der Waals surface area contributed by atoms with E-state index in [9.17, 15) is 0 Å². The van der Waals surface area contributed by atoms with Gasteiger partial charge in [0.15, 0.2) is 0 Å². The Labute approximate surface area is 126 Å². The quantitative estimate of drug-likeness (QED) is 0.851. The van der Waals surface area contributed by atoms with Crippen LogP contribution in [0, 0.1) is 6.92 Å². The first kappa shape index (κ1) is 15.1. The summed E-state index contributed by atoms with van der Waals surface area (Å²) in [4.78, 5) is 11.0. The van der Waals surface area contributed by atoms with Crippen molar-refractivity contribution in [2.75, 3.05) is 36.2 Å². The molecule has 1 aromatic heterocycles. The molecule has 0 unspecified atom stereocenters. The van der Waals surface area contributed by atoms with Crippen molar-refractivity contribution in [2.45, 2.75) is 20.3 Å². The van der Waals surface area contributed by atoms with Gasteiger partial charge in [-0.15, -0.1) is 0 Å². The fourth-order valence-electron chi connectivity index (χ4n) is 1.94. The summed E-state index contributed by atoms with van der Waals surface area (Å²) in [5, 5.41) is 6.53. The molecule has 0 saturated heterocycles. The van der Waals surface area contributed by atoms with Gasteiger partial charge in [-0.25, -0.2) is 4.98 Å². The Morgan fingerprint density at radius 1 is 1.10 bits per heavy atom. The number of anilines is 4. The van der Waals surface area contributed by atoms with E-state index in [0.29, 0.717) is 5.95 Å². The van der Waals surface area contributed by atoms with Crippen molar-refractivity contribution in [3.8, 4) is 0 Å². The van der Waals surface area contributed by atoms with Crippen LogP contribution >= 0.6 is 0 Å². The highest BCUT2D eigenvalue weighted by atomic mass is 15.1. The van der Waals surface area contributed by atoms with Crippen LogP contribution < -0.4 is 15.5 Å². The first-order valence-electron chi connectivity index (χ1n) is 7.22. The highest BCUT2D eigenvalue weighted by molar-refractivity contribution is 5.59. The minimum atomic E-state index is 0.617. The molecule has 2 aromatic rings. The van der Waals surface area contributed by atoms with Gasteiger partial charge in [-0.2, -0.15) is 4.98 Å². The predicted octanol–water partition coefficient (Wildman–Crippen LogP) is 3.42. The molecule has 2 N–H and O–H groups in total. The van der Waals surface area contributed by atoms with E-state index in [1.165, 1.54) is 0 Å². The van der Waals surface area contributed by atoms with Crippen LogP contribution in [0.3, 0.4) is 0 Å². The average molecular weight is 285 g/mol. The van der Waals surface area contributed by atoms with Gasteiger partial charge >= 0.3 is 0 Å². The summed E-state index contributed by atoms with van der Waals surface area (Å²) in [5.74, 6) is 1.47. The molecule has 112 valence electrons. The molecule has 0 spiro atoms. The Bertz CT molecular complexity index is 578. The van der Waals surface area contributed by atoms with Gasteiger partial charge in [0, 0.05) is 43.8 Å². The molecule has 0 atom stereocenters. The lowest BCUT2D eigenvalue weighted by atomic mass is 10.2. The van der Waals surface area contributed by atoms with Crippen LogP contribution in [0.25, 0.3) is 0 Å². The van der Waals surface area contributed by atoms with Gasteiger partial charge in [0.1, 0.15) is 5.82 Å². The first-order valence-corrected chi connectivity index (χ1v) is 7.22. The lowest BCUT2D eigenvalue weighted by molar-refractivity contribution is 0.962. The van der Waals surface area contributed by atoms with Gasteiger partial charge in [0.25, 0.3) is 0 Å². The van der Waals surface area contributed by atoms with Crippen molar-refractivity contribution in [1.82, 2.24) is 9.97 Å². The summed E-state index contributed by atoms with van der Waals surface area (Å²) < 4.78 is 0. The maximum Gasteiger partial charge on any atom is 0.229 e. The van der Waals surface area contributed by atoms with E-state index in [4.69, 9.17) is 0 Å². The Hall–Kier alpha value is -2.30. The minimum Gasteiger partial charge on any atom is -0.378 e. The number of aromatic nitrogens is 2. The summed E-state index contributed by atoms with van der Waals surface area (Å²) in [6.07, 6.45) is 1.07. The topological polar surface area (TPSA) is 53.1 Å². The van der Waals surface area contributed by atoms with Crippen LogP contribution in [0.4, 0.5) is 23.1 Å². The van der Waals surface area contributed by atoms with E-state index in [2.05, 4.69) is 44.6 Å². The fraction of sp³-hybridized carbons (Fsp3) is 0.375. The van der Waals surface area contributed by atoms with Gasteiger partial charge in [-0.1, -0.05) is 6.92 Å². The number of nitrogens with one attached hydrogen (secondary N) is 2. The van der Waals surface area contributed by atoms with Crippen LogP contribution in [0.15, 0.2) is 30.3 Å². The molecule has 0 saturated carbocycles. The van der Waals surface area contributed by atoms with E-state index in [0.717, 1.165) is 35.9 Å². The van der Waals surface area contributed by atoms with E-state index < -0.39 is 0 Å². The summed E-state index contributed by atoms with van der Waals surface area (Å²) in [7, 11) is 4.05. The zero-order valence-electron chi connectivity index (χ0n) is 13.1. The second-order valence-corrected chi connectivity index (χ2v) is 5.21. The van der Waals surface area contributed by atoms with Crippen molar-refractivity contribution in [3.63, 3.8) is 0 Å². The van der Waals surface area contributed by atoms with Crippen molar-refractivity contribution in [1.29, 1.82) is 0 Å². The SMILES string of the molecule is CCCNc1cc(C)nc(Nc2ccc(N(C)C)cc2)n1. The largest absolute Gasteiger partial charge is 0.378 e. The zero-order valence-corrected chi connectivity index (χ0v) is 13.1. The van der Waals surface area contributed by atoms with Crippen LogP contribution in [0.5, 0.6) is 0 Å². The predicted molar refractivity (Wildman–Crippen MR) is 89.6 cm³/mol. The molecule has 0 bridgehead atoms. The van der Waals surface area contributed by atoms with E-state index >= 15 is 0 Å². The second-order valence-electron chi connectivity index (χ2n) is 5.21. The van der Waals surface area contributed by atoms with Gasteiger partial charge in [0.2, 0.25) is 5.95 Å². The third-order valence-corrected chi connectivity index (χ3v) is 3.05. The van der Waals surface area contributed by atoms with Crippen LogP contribution in [-0.4, -0.2) is 30.6 Å². The summed E-state index contributed by atoms with van der Waals surface area (Å²) >= 11 is 0. The number of hydrogen-bond acceptors (Lipinski definition) is 5. The van der Waals surface area contributed by atoms with Crippen molar-refractivity contribution in [2.24, 2.45) is 0 Å². The lowest BCUT2D eigenvalue weighted by Gasteiger charge is -2.13. The van der Waals surface area contributed by atoms with Crippen molar-refractivity contribution in [3.05, 3.63) is 36.0 Å². The number of aryl methyl sites for hydroxylation is 1. The molecule has 0 aliphatic heterocycles. The van der Waals surface area contributed by atoms with Crippen LogP contribution in [0.2, 0.25) is 0 Å². The Morgan fingerprint density at radius 3 is 2.43 bits per heavy atom. The fourth-order valence-corrected chi connectivity index (χ4v) is 1.94. The Kier molecular flexibility index (Phi) is 4.98. The number of benzene rings is 1. The number of nitrogens with zero attached hydrogens (tertiary/aromatic N) is 3. The molecule has 0 amide bonds. The smallest absolute Gasteiger partial charge is 0.229 e. The van der Waals surface area contributed by atoms with Gasteiger partial charge in [0.05, 0.1) is 0 Å². The number of hydrogen-bond donors (Lipinski definition) is 2. The molecule has 5 nitrogen and oxygen atoms in total. The average Bonchev–Trinajstić information content (AvgIpc) is 2.45. The maximum atomic E-state index is 4.48. The zero-order chi connectivity index (χ0) is 15.2. The Morgan fingerprint density at radius 2 is 1.81 bits per heavy atom. The summed E-state index contributed by atoms with van der Waals surface area (Å²) in [6, 6.07) is 10.1. The van der Waals surface area contributed by atoms with Gasteiger partial charge < -0.3 is 15.5 Å². The molecule has 2 rings (SSSR count). The first-order chi connectivity index (χ1) is 10.1. The molecular weight excluding hydrogens is 262 g/mol. The lowest BCUT2D eigenvalue weighted by Crippen LogP contribution is -2.08. The van der Waals surface area contributed by atoms with Crippen LogP contribution in [0.1, 0.15) is 19.0 Å². The van der Waals surface area contributed by atoms with Crippen LogP contribution in [-0.2, 0) is 0 Å². The molecule has 1 heterocycles. The van der Waals surface area contributed by atoms with E-state index in [1.54, 1.807) is 0 Å². The molecular formula is C16H23N5. The highest BCUT2D eigenvalue weighted by Crippen LogP contribution is 2.19. The molecule has 0 fully saturated rings. The molecule has 0 aliphatic carbocycles. The number of rotatable bonds is 6. The Balaban J connectivity index is 2.12. The van der Waals surface area contributed by atoms with E-state index in [1.807, 2.05) is 39.2 Å². The molecule has 21 heavy (non-hydrogen) atoms. The third-order valence-electron chi connectivity index (χ3n) is 3.05. The highest BCUT2D eigenvalue weighted by Gasteiger charge is 2.03. The molecule has 0 aliphatic rings. The molecule has 1 aromatic carbocycles. The van der Waals surface area contributed by atoms with Gasteiger partial charge in [-0.3, -0.25) is 0 Å². The maximum absolute atomic E-state index is 4.48. The van der Waals surface area contributed by atoms with Crippen molar-refractivity contribution < 1.29 is 0 Å². The minimum absolute atomic E-state index is 0.617. The summed E-state index contributed by atoms with van der Waals surface area (Å²) in [6.45, 7) is 5.01. The molecule has 5 heteroatoms. The normalized spacial score (nSPS) is 10.3. The third kappa shape index (κ3) is 4.34. The van der Waals surface area contributed by atoms with Crippen molar-refractivity contribution >= 4 is 23.1 Å². The van der Waals surface area contributed by atoms with E-state index in [-0.39, 0.29) is 0 Å². The monoisotopic (exact) mass is 285 g/mol. The second kappa shape index (κ2) is 6.92. The van der Waals surface area contributed by atoms with Gasteiger partial charge in [-0.05, 0) is 37.6 Å². The summed E-state index contributed by atoms with van der Waals surface area (Å²) in [5.41, 5.74) is 3.08.